The Morgan fingerprint density at radius 3 is 2.61 bits per heavy atom. The van der Waals surface area contributed by atoms with Gasteiger partial charge in [0.25, 0.3) is 0 Å². The molecule has 1 N–H and O–H groups in total. The van der Waals surface area contributed by atoms with Crippen molar-refractivity contribution in [3.05, 3.63) is 35.9 Å². The first-order chi connectivity index (χ1) is 11.2. The molecule has 2 aliphatic heterocycles. The van der Waals surface area contributed by atoms with Crippen LogP contribution in [-0.4, -0.2) is 72.4 Å². The fourth-order valence-electron chi connectivity index (χ4n) is 3.48. The van der Waals surface area contributed by atoms with E-state index in [1.165, 1.54) is 5.56 Å². The summed E-state index contributed by atoms with van der Waals surface area (Å²) in [7, 11) is 0. The van der Waals surface area contributed by atoms with E-state index in [0.29, 0.717) is 32.2 Å². The molecule has 2 fully saturated rings. The molecule has 2 heterocycles. The number of aliphatic hydroxyl groups excluding tert-OH is 1. The molecule has 23 heavy (non-hydrogen) atoms. The zero-order valence-corrected chi connectivity index (χ0v) is 13.6. The minimum atomic E-state index is -0.472. The van der Waals surface area contributed by atoms with Crippen LogP contribution in [0.25, 0.3) is 0 Å². The Morgan fingerprint density at radius 1 is 1.13 bits per heavy atom. The van der Waals surface area contributed by atoms with Crippen molar-refractivity contribution in [3.63, 3.8) is 0 Å². The SMILES string of the molecule is O=C1CN(C2CCOCC2)CC(O)CN1CCc1ccccc1. The molecule has 0 saturated carbocycles. The molecule has 1 amide bonds. The van der Waals surface area contributed by atoms with E-state index in [2.05, 4.69) is 17.0 Å². The monoisotopic (exact) mass is 318 g/mol. The molecule has 2 aliphatic rings. The Bertz CT molecular complexity index is 502. The van der Waals surface area contributed by atoms with Crippen LogP contribution < -0.4 is 0 Å². The number of carbonyl (C=O) groups excluding carboxylic acids is 1. The fourth-order valence-corrected chi connectivity index (χ4v) is 3.48. The summed E-state index contributed by atoms with van der Waals surface area (Å²) in [6.45, 7) is 3.61. The Balaban J connectivity index is 1.58. The molecule has 1 unspecified atom stereocenters. The van der Waals surface area contributed by atoms with Gasteiger partial charge in [-0.1, -0.05) is 30.3 Å². The summed E-state index contributed by atoms with van der Waals surface area (Å²) in [6.07, 6.45) is 2.25. The van der Waals surface area contributed by atoms with Crippen molar-refractivity contribution in [1.82, 2.24) is 9.80 Å². The highest BCUT2D eigenvalue weighted by molar-refractivity contribution is 5.78. The van der Waals surface area contributed by atoms with E-state index in [-0.39, 0.29) is 5.91 Å². The number of aliphatic hydroxyl groups is 1. The molecule has 1 aromatic rings. The molecule has 3 rings (SSSR count). The average molecular weight is 318 g/mol. The molecule has 0 radical (unpaired) electrons. The molecule has 0 aromatic heterocycles. The number of hydrogen-bond donors (Lipinski definition) is 1. The van der Waals surface area contributed by atoms with Crippen LogP contribution in [0.4, 0.5) is 0 Å². The standard InChI is InChI=1S/C18H26N2O3/c21-17-12-19(9-6-15-4-2-1-3-5-15)18(22)14-20(13-17)16-7-10-23-11-8-16/h1-5,16-17,21H,6-14H2. The molecule has 0 bridgehead atoms. The summed E-state index contributed by atoms with van der Waals surface area (Å²) in [5, 5.41) is 10.3. The van der Waals surface area contributed by atoms with Gasteiger partial charge in [0.15, 0.2) is 0 Å². The van der Waals surface area contributed by atoms with Gasteiger partial charge in [0.2, 0.25) is 5.91 Å². The van der Waals surface area contributed by atoms with Gasteiger partial charge in [-0.25, -0.2) is 0 Å². The lowest BCUT2D eigenvalue weighted by molar-refractivity contribution is -0.132. The number of hydrogen-bond acceptors (Lipinski definition) is 4. The number of ether oxygens (including phenoxy) is 1. The highest BCUT2D eigenvalue weighted by Crippen LogP contribution is 2.17. The smallest absolute Gasteiger partial charge is 0.236 e. The van der Waals surface area contributed by atoms with Gasteiger partial charge in [0.1, 0.15) is 0 Å². The van der Waals surface area contributed by atoms with Gasteiger partial charge in [-0.2, -0.15) is 0 Å². The van der Waals surface area contributed by atoms with Gasteiger partial charge in [0.05, 0.1) is 12.6 Å². The van der Waals surface area contributed by atoms with Crippen molar-refractivity contribution in [2.75, 3.05) is 39.4 Å². The topological polar surface area (TPSA) is 53.0 Å². The van der Waals surface area contributed by atoms with Crippen LogP contribution in [0.1, 0.15) is 18.4 Å². The number of amides is 1. The van der Waals surface area contributed by atoms with Crippen LogP contribution in [0.5, 0.6) is 0 Å². The summed E-state index contributed by atoms with van der Waals surface area (Å²) >= 11 is 0. The lowest BCUT2D eigenvalue weighted by Gasteiger charge is -2.33. The van der Waals surface area contributed by atoms with Gasteiger partial charge in [-0.15, -0.1) is 0 Å². The zero-order chi connectivity index (χ0) is 16.1. The molecule has 2 saturated heterocycles. The van der Waals surface area contributed by atoms with Crippen molar-refractivity contribution in [3.8, 4) is 0 Å². The lowest BCUT2D eigenvalue weighted by Crippen LogP contribution is -2.44. The average Bonchev–Trinajstić information content (AvgIpc) is 2.73. The van der Waals surface area contributed by atoms with E-state index in [1.54, 1.807) is 0 Å². The molecule has 5 nitrogen and oxygen atoms in total. The van der Waals surface area contributed by atoms with Crippen LogP contribution in [0.3, 0.4) is 0 Å². The Hall–Kier alpha value is -1.43. The maximum Gasteiger partial charge on any atom is 0.236 e. The highest BCUT2D eigenvalue weighted by atomic mass is 16.5. The Labute approximate surface area is 137 Å². The fraction of sp³-hybridized carbons (Fsp3) is 0.611. The van der Waals surface area contributed by atoms with Crippen LogP contribution in [-0.2, 0) is 16.0 Å². The van der Waals surface area contributed by atoms with Crippen LogP contribution in [0, 0.1) is 0 Å². The second-order valence-corrected chi connectivity index (χ2v) is 6.50. The summed E-state index contributed by atoms with van der Waals surface area (Å²) in [6, 6.07) is 10.5. The van der Waals surface area contributed by atoms with Gasteiger partial charge < -0.3 is 14.7 Å². The predicted octanol–water partition coefficient (Wildman–Crippen LogP) is 0.913. The quantitative estimate of drug-likeness (QED) is 0.897. The Kier molecular flexibility index (Phi) is 5.65. The van der Waals surface area contributed by atoms with E-state index in [0.717, 1.165) is 32.5 Å². The van der Waals surface area contributed by atoms with Gasteiger partial charge in [-0.05, 0) is 24.8 Å². The summed E-state index contributed by atoms with van der Waals surface area (Å²) in [5.41, 5.74) is 1.22. The third-order valence-corrected chi connectivity index (χ3v) is 4.79. The second-order valence-electron chi connectivity index (χ2n) is 6.50. The minimum Gasteiger partial charge on any atom is -0.390 e. The van der Waals surface area contributed by atoms with E-state index in [4.69, 9.17) is 4.74 Å². The number of benzene rings is 1. The third-order valence-electron chi connectivity index (χ3n) is 4.79. The van der Waals surface area contributed by atoms with Crippen molar-refractivity contribution in [1.29, 1.82) is 0 Å². The number of carbonyl (C=O) groups is 1. The van der Waals surface area contributed by atoms with Crippen LogP contribution in [0.2, 0.25) is 0 Å². The maximum absolute atomic E-state index is 12.6. The maximum atomic E-state index is 12.6. The largest absolute Gasteiger partial charge is 0.390 e. The third kappa shape index (κ3) is 4.53. The molecule has 0 spiro atoms. The van der Waals surface area contributed by atoms with E-state index in [9.17, 15) is 9.90 Å². The van der Waals surface area contributed by atoms with E-state index >= 15 is 0 Å². The van der Waals surface area contributed by atoms with Crippen molar-refractivity contribution >= 4 is 5.91 Å². The summed E-state index contributed by atoms with van der Waals surface area (Å²) in [5.74, 6) is 0.129. The first kappa shape index (κ1) is 16.4. The number of β-amino-alcohol motifs (C(OH)–C–C–N with tert-alkyl or cyclic N) is 1. The van der Waals surface area contributed by atoms with Gasteiger partial charge in [0, 0.05) is 38.9 Å². The highest BCUT2D eigenvalue weighted by Gasteiger charge is 2.31. The van der Waals surface area contributed by atoms with Gasteiger partial charge >= 0.3 is 0 Å². The van der Waals surface area contributed by atoms with Crippen molar-refractivity contribution in [2.24, 2.45) is 0 Å². The molecule has 1 aromatic carbocycles. The first-order valence-corrected chi connectivity index (χ1v) is 8.54. The predicted molar refractivity (Wildman–Crippen MR) is 88.1 cm³/mol. The lowest BCUT2D eigenvalue weighted by atomic mass is 10.1. The van der Waals surface area contributed by atoms with E-state index < -0.39 is 6.10 Å². The molecule has 0 aliphatic carbocycles. The zero-order valence-electron chi connectivity index (χ0n) is 13.6. The van der Waals surface area contributed by atoms with Gasteiger partial charge in [-0.3, -0.25) is 9.69 Å². The summed E-state index contributed by atoms with van der Waals surface area (Å²) < 4.78 is 5.40. The number of rotatable bonds is 4. The second kappa shape index (κ2) is 7.90. The number of nitrogens with zero attached hydrogens (tertiary/aromatic N) is 2. The Morgan fingerprint density at radius 2 is 1.87 bits per heavy atom. The van der Waals surface area contributed by atoms with Crippen molar-refractivity contribution in [2.45, 2.75) is 31.4 Å². The first-order valence-electron chi connectivity index (χ1n) is 8.54. The van der Waals surface area contributed by atoms with Crippen LogP contribution >= 0.6 is 0 Å². The molecule has 5 heteroatoms. The summed E-state index contributed by atoms with van der Waals surface area (Å²) in [4.78, 5) is 16.5. The molecule has 126 valence electrons. The minimum absolute atomic E-state index is 0.129. The van der Waals surface area contributed by atoms with Crippen LogP contribution in [0.15, 0.2) is 30.3 Å². The van der Waals surface area contributed by atoms with Crippen molar-refractivity contribution < 1.29 is 14.6 Å². The van der Waals surface area contributed by atoms with E-state index in [1.807, 2.05) is 23.1 Å². The molecule has 1 atom stereocenters. The molecular formula is C18H26N2O3. The molecular weight excluding hydrogens is 292 g/mol. The normalized spacial score (nSPS) is 24.7.